The molecule has 1 aromatic rings. The van der Waals surface area contributed by atoms with Crippen LogP contribution < -0.4 is 5.73 Å². The predicted molar refractivity (Wildman–Crippen MR) is 82.3 cm³/mol. The van der Waals surface area contributed by atoms with Gasteiger partial charge in [-0.1, -0.05) is 29.8 Å². The highest BCUT2D eigenvalue weighted by Gasteiger charge is 2.18. The van der Waals surface area contributed by atoms with Crippen molar-refractivity contribution in [3.8, 4) is 0 Å². The fraction of sp³-hybridized carbons (Fsp3) is 0.438. The first-order chi connectivity index (χ1) is 9.69. The van der Waals surface area contributed by atoms with Gasteiger partial charge in [-0.25, -0.2) is 0 Å². The number of amides is 1. The molecule has 0 bridgehead atoms. The molecule has 1 saturated heterocycles. The van der Waals surface area contributed by atoms with Gasteiger partial charge in [0.25, 0.3) is 0 Å². The standard InChI is InChI=1S/C16H23N3O/c1-14-2-4-15(5-3-14)6-7-16(20)19-12-10-18(9-8-17)11-13-19/h2-7H,8-13,17H2,1H3/b7-6+. The van der Waals surface area contributed by atoms with E-state index in [1.165, 1.54) is 5.56 Å². The summed E-state index contributed by atoms with van der Waals surface area (Å²) in [5.74, 6) is 0.0953. The first-order valence-corrected chi connectivity index (χ1v) is 7.15. The molecule has 4 nitrogen and oxygen atoms in total. The van der Waals surface area contributed by atoms with Crippen LogP contribution >= 0.6 is 0 Å². The first kappa shape index (κ1) is 14.8. The van der Waals surface area contributed by atoms with Gasteiger partial charge in [0, 0.05) is 45.3 Å². The Morgan fingerprint density at radius 2 is 1.85 bits per heavy atom. The van der Waals surface area contributed by atoms with Crippen molar-refractivity contribution < 1.29 is 4.79 Å². The SMILES string of the molecule is Cc1ccc(/C=C/C(=O)N2CCN(CCN)CC2)cc1. The predicted octanol–water partition coefficient (Wildman–Crippen LogP) is 1.11. The maximum atomic E-state index is 12.1. The van der Waals surface area contributed by atoms with E-state index in [1.807, 2.05) is 23.1 Å². The van der Waals surface area contributed by atoms with Crippen LogP contribution in [0.2, 0.25) is 0 Å². The molecular formula is C16H23N3O. The van der Waals surface area contributed by atoms with Gasteiger partial charge >= 0.3 is 0 Å². The van der Waals surface area contributed by atoms with Gasteiger partial charge in [0.1, 0.15) is 0 Å². The summed E-state index contributed by atoms with van der Waals surface area (Å²) in [6, 6.07) is 8.15. The van der Waals surface area contributed by atoms with Crippen LogP contribution in [0, 0.1) is 6.92 Å². The van der Waals surface area contributed by atoms with E-state index >= 15 is 0 Å². The molecule has 0 unspecified atom stereocenters. The van der Waals surface area contributed by atoms with Crippen LogP contribution in [0.25, 0.3) is 6.08 Å². The Balaban J connectivity index is 1.85. The smallest absolute Gasteiger partial charge is 0.246 e. The van der Waals surface area contributed by atoms with Crippen molar-refractivity contribution in [1.29, 1.82) is 0 Å². The van der Waals surface area contributed by atoms with Crippen molar-refractivity contribution in [2.45, 2.75) is 6.92 Å². The Morgan fingerprint density at radius 3 is 2.45 bits per heavy atom. The van der Waals surface area contributed by atoms with Gasteiger partial charge in [-0.15, -0.1) is 0 Å². The second-order valence-electron chi connectivity index (χ2n) is 5.20. The topological polar surface area (TPSA) is 49.6 Å². The lowest BCUT2D eigenvalue weighted by atomic mass is 10.1. The van der Waals surface area contributed by atoms with Crippen molar-refractivity contribution in [3.63, 3.8) is 0 Å². The Kier molecular flexibility index (Phi) is 5.32. The molecule has 1 aliphatic rings. The summed E-state index contributed by atoms with van der Waals surface area (Å²) in [5.41, 5.74) is 7.83. The second kappa shape index (κ2) is 7.22. The van der Waals surface area contributed by atoms with E-state index in [0.717, 1.165) is 38.3 Å². The highest BCUT2D eigenvalue weighted by Crippen LogP contribution is 2.07. The Morgan fingerprint density at radius 1 is 1.20 bits per heavy atom. The van der Waals surface area contributed by atoms with E-state index in [-0.39, 0.29) is 5.91 Å². The monoisotopic (exact) mass is 273 g/mol. The van der Waals surface area contributed by atoms with Gasteiger partial charge in [-0.3, -0.25) is 9.69 Å². The Bertz CT molecular complexity index is 459. The maximum Gasteiger partial charge on any atom is 0.246 e. The van der Waals surface area contributed by atoms with Crippen LogP contribution in [0.15, 0.2) is 30.3 Å². The van der Waals surface area contributed by atoms with Gasteiger partial charge in [-0.2, -0.15) is 0 Å². The zero-order valence-corrected chi connectivity index (χ0v) is 12.1. The van der Waals surface area contributed by atoms with Crippen molar-refractivity contribution >= 4 is 12.0 Å². The number of hydrogen-bond donors (Lipinski definition) is 1. The molecular weight excluding hydrogens is 250 g/mol. The number of carbonyl (C=O) groups is 1. The van der Waals surface area contributed by atoms with E-state index in [9.17, 15) is 4.79 Å². The third kappa shape index (κ3) is 4.18. The number of hydrogen-bond acceptors (Lipinski definition) is 3. The lowest BCUT2D eigenvalue weighted by Gasteiger charge is -2.33. The molecule has 0 aliphatic carbocycles. The van der Waals surface area contributed by atoms with Crippen LogP contribution in [0.4, 0.5) is 0 Å². The fourth-order valence-electron chi connectivity index (χ4n) is 2.32. The number of benzene rings is 1. The van der Waals surface area contributed by atoms with Crippen LogP contribution in [-0.4, -0.2) is 55.0 Å². The Labute approximate surface area is 120 Å². The highest BCUT2D eigenvalue weighted by atomic mass is 16.2. The number of nitrogens with zero attached hydrogens (tertiary/aromatic N) is 2. The molecule has 0 atom stereocenters. The van der Waals surface area contributed by atoms with E-state index in [4.69, 9.17) is 5.73 Å². The summed E-state index contributed by atoms with van der Waals surface area (Å²) >= 11 is 0. The lowest BCUT2D eigenvalue weighted by Crippen LogP contribution is -2.49. The van der Waals surface area contributed by atoms with Crippen molar-refractivity contribution in [3.05, 3.63) is 41.5 Å². The molecule has 108 valence electrons. The molecule has 0 radical (unpaired) electrons. The number of carbonyl (C=O) groups excluding carboxylic acids is 1. The Hall–Kier alpha value is -1.65. The number of piperazine rings is 1. The van der Waals surface area contributed by atoms with Gasteiger partial charge in [0.15, 0.2) is 0 Å². The minimum absolute atomic E-state index is 0.0953. The average molecular weight is 273 g/mol. The summed E-state index contributed by atoms with van der Waals surface area (Å²) in [5, 5.41) is 0. The molecule has 0 saturated carbocycles. The molecule has 1 fully saturated rings. The fourth-order valence-corrected chi connectivity index (χ4v) is 2.32. The van der Waals surface area contributed by atoms with Crippen molar-refractivity contribution in [1.82, 2.24) is 9.80 Å². The largest absolute Gasteiger partial charge is 0.337 e. The van der Waals surface area contributed by atoms with Crippen LogP contribution in [0.3, 0.4) is 0 Å². The zero-order valence-electron chi connectivity index (χ0n) is 12.1. The van der Waals surface area contributed by atoms with E-state index < -0.39 is 0 Å². The zero-order chi connectivity index (χ0) is 14.4. The van der Waals surface area contributed by atoms with Crippen molar-refractivity contribution in [2.75, 3.05) is 39.3 Å². The van der Waals surface area contributed by atoms with Gasteiger partial charge in [0.05, 0.1) is 0 Å². The van der Waals surface area contributed by atoms with Gasteiger partial charge in [0.2, 0.25) is 5.91 Å². The molecule has 4 heteroatoms. The lowest BCUT2D eigenvalue weighted by molar-refractivity contribution is -0.127. The van der Waals surface area contributed by atoms with Gasteiger partial charge < -0.3 is 10.6 Å². The highest BCUT2D eigenvalue weighted by molar-refractivity contribution is 5.91. The van der Waals surface area contributed by atoms with E-state index in [1.54, 1.807) is 6.08 Å². The van der Waals surface area contributed by atoms with Crippen LogP contribution in [0.1, 0.15) is 11.1 Å². The molecule has 2 rings (SSSR count). The third-order valence-electron chi connectivity index (χ3n) is 3.63. The summed E-state index contributed by atoms with van der Waals surface area (Å²) in [6.45, 7) is 7.07. The minimum Gasteiger partial charge on any atom is -0.337 e. The van der Waals surface area contributed by atoms with Crippen LogP contribution in [-0.2, 0) is 4.79 Å². The van der Waals surface area contributed by atoms with E-state index in [0.29, 0.717) is 6.54 Å². The number of aryl methyl sites for hydroxylation is 1. The van der Waals surface area contributed by atoms with E-state index in [2.05, 4.69) is 24.0 Å². The number of nitrogens with two attached hydrogens (primary N) is 1. The molecule has 1 heterocycles. The van der Waals surface area contributed by atoms with Gasteiger partial charge in [-0.05, 0) is 18.6 Å². The quantitative estimate of drug-likeness (QED) is 0.836. The second-order valence-corrected chi connectivity index (χ2v) is 5.20. The molecule has 2 N–H and O–H groups in total. The minimum atomic E-state index is 0.0953. The maximum absolute atomic E-state index is 12.1. The molecule has 20 heavy (non-hydrogen) atoms. The molecule has 1 aromatic carbocycles. The molecule has 0 spiro atoms. The normalized spacial score (nSPS) is 16.8. The third-order valence-corrected chi connectivity index (χ3v) is 3.63. The number of rotatable bonds is 4. The summed E-state index contributed by atoms with van der Waals surface area (Å²) < 4.78 is 0. The summed E-state index contributed by atoms with van der Waals surface area (Å²) in [7, 11) is 0. The molecule has 0 aromatic heterocycles. The average Bonchev–Trinajstić information content (AvgIpc) is 2.47. The van der Waals surface area contributed by atoms with Crippen LogP contribution in [0.5, 0.6) is 0 Å². The summed E-state index contributed by atoms with van der Waals surface area (Å²) in [6.07, 6.45) is 3.55. The van der Waals surface area contributed by atoms with Crippen molar-refractivity contribution in [2.24, 2.45) is 5.73 Å². The summed E-state index contributed by atoms with van der Waals surface area (Å²) in [4.78, 5) is 16.3. The molecule has 1 aliphatic heterocycles. The first-order valence-electron chi connectivity index (χ1n) is 7.15. The molecule has 1 amide bonds.